The summed E-state index contributed by atoms with van der Waals surface area (Å²) in [6.45, 7) is 0. The van der Waals surface area contributed by atoms with Crippen molar-refractivity contribution in [1.29, 1.82) is 0 Å². The second kappa shape index (κ2) is 3.05. The van der Waals surface area contributed by atoms with E-state index in [1.54, 1.807) is 18.2 Å². The smallest absolute Gasteiger partial charge is 0.206 e. The molecule has 0 heterocycles. The van der Waals surface area contributed by atoms with Gasteiger partial charge in [0.05, 0.1) is 0 Å². The van der Waals surface area contributed by atoms with E-state index in [0.29, 0.717) is 6.42 Å². The van der Waals surface area contributed by atoms with Gasteiger partial charge in [-0.2, -0.15) is 0 Å². The molecule has 2 rings (SSSR count). The van der Waals surface area contributed by atoms with E-state index < -0.39 is 11.8 Å². The van der Waals surface area contributed by atoms with Crippen LogP contribution in [0.15, 0.2) is 28.7 Å². The van der Waals surface area contributed by atoms with Crippen molar-refractivity contribution in [2.24, 2.45) is 0 Å². The lowest BCUT2D eigenvalue weighted by Crippen LogP contribution is -2.36. The maximum absolute atomic E-state index is 13.0. The number of rotatable bonds is 1. The van der Waals surface area contributed by atoms with Gasteiger partial charge in [0.2, 0.25) is 0 Å². The summed E-state index contributed by atoms with van der Waals surface area (Å²) in [7, 11) is 0. The summed E-state index contributed by atoms with van der Waals surface area (Å²) in [6.07, 6.45) is 0.633. The van der Waals surface area contributed by atoms with Crippen molar-refractivity contribution in [3.63, 3.8) is 0 Å². The average molecular weight is 247 g/mol. The Morgan fingerprint density at radius 3 is 2.62 bits per heavy atom. The number of benzene rings is 1. The second-order valence-electron chi connectivity index (χ2n) is 3.41. The summed E-state index contributed by atoms with van der Waals surface area (Å²) in [5, 5.41) is 0. The number of hydrogen-bond acceptors (Lipinski definition) is 0. The molecule has 0 radical (unpaired) electrons. The van der Waals surface area contributed by atoms with Crippen LogP contribution in [0.1, 0.15) is 24.3 Å². The van der Waals surface area contributed by atoms with Crippen LogP contribution in [0.2, 0.25) is 0 Å². The Morgan fingerprint density at radius 2 is 2.15 bits per heavy atom. The highest BCUT2D eigenvalue weighted by Gasteiger charge is 2.48. The summed E-state index contributed by atoms with van der Waals surface area (Å²) >= 11 is 3.28. The summed E-state index contributed by atoms with van der Waals surface area (Å²) < 4.78 is 26.9. The quantitative estimate of drug-likeness (QED) is 0.704. The lowest BCUT2D eigenvalue weighted by Gasteiger charge is -2.36. The highest BCUT2D eigenvalue weighted by molar-refractivity contribution is 9.10. The van der Waals surface area contributed by atoms with Gasteiger partial charge in [0.1, 0.15) is 0 Å². The van der Waals surface area contributed by atoms with Crippen LogP contribution in [-0.4, -0.2) is 5.92 Å². The zero-order valence-corrected chi connectivity index (χ0v) is 8.52. The first-order valence-corrected chi connectivity index (χ1v) is 5.02. The molecule has 1 unspecified atom stereocenters. The molecule has 1 aromatic rings. The largest absolute Gasteiger partial charge is 0.254 e. The van der Waals surface area contributed by atoms with Crippen LogP contribution in [-0.2, 0) is 0 Å². The molecular weight excluding hydrogens is 238 g/mol. The number of hydrogen-bond donors (Lipinski definition) is 0. The molecule has 1 aromatic carbocycles. The van der Waals surface area contributed by atoms with Crippen molar-refractivity contribution >= 4 is 15.9 Å². The van der Waals surface area contributed by atoms with Gasteiger partial charge in [-0.25, -0.2) is 8.78 Å². The van der Waals surface area contributed by atoms with Crippen LogP contribution in [0.3, 0.4) is 0 Å². The first kappa shape index (κ1) is 9.13. The minimum absolute atomic E-state index is 0.0319. The molecule has 3 heteroatoms. The minimum Gasteiger partial charge on any atom is -0.206 e. The molecule has 0 amide bonds. The first-order valence-electron chi connectivity index (χ1n) is 4.23. The van der Waals surface area contributed by atoms with E-state index in [0.717, 1.165) is 10.0 Å². The summed E-state index contributed by atoms with van der Waals surface area (Å²) in [6, 6.07) is 7.19. The Morgan fingerprint density at radius 1 is 1.38 bits per heavy atom. The summed E-state index contributed by atoms with van der Waals surface area (Å²) in [4.78, 5) is 0. The molecule has 0 saturated heterocycles. The van der Waals surface area contributed by atoms with Gasteiger partial charge in [0.25, 0.3) is 5.92 Å². The van der Waals surface area contributed by atoms with Gasteiger partial charge in [-0.1, -0.05) is 28.1 Å². The molecule has 0 N–H and O–H groups in total. The standard InChI is InChI=1S/C10H9BrF2/c11-8-3-1-2-7(6-8)9-4-5-10(9,12)13/h1-3,6,9H,4-5H2. The number of halogens is 3. The fraction of sp³-hybridized carbons (Fsp3) is 0.400. The molecule has 1 saturated carbocycles. The highest BCUT2D eigenvalue weighted by Crippen LogP contribution is 2.50. The molecular formula is C10H9BrF2. The normalized spacial score (nSPS) is 25.3. The second-order valence-corrected chi connectivity index (χ2v) is 4.32. The Balaban J connectivity index is 2.26. The molecule has 0 bridgehead atoms. The van der Waals surface area contributed by atoms with Crippen molar-refractivity contribution in [3.05, 3.63) is 34.3 Å². The van der Waals surface area contributed by atoms with Crippen molar-refractivity contribution in [1.82, 2.24) is 0 Å². The molecule has 1 aliphatic rings. The van der Waals surface area contributed by atoms with Crippen LogP contribution in [0.4, 0.5) is 8.78 Å². The van der Waals surface area contributed by atoms with Crippen molar-refractivity contribution in [3.8, 4) is 0 Å². The van der Waals surface area contributed by atoms with Gasteiger partial charge in [0.15, 0.2) is 0 Å². The predicted molar refractivity (Wildman–Crippen MR) is 51.1 cm³/mol. The lowest BCUT2D eigenvalue weighted by atomic mass is 9.76. The first-order chi connectivity index (χ1) is 6.09. The van der Waals surface area contributed by atoms with Gasteiger partial charge < -0.3 is 0 Å². The predicted octanol–water partition coefficient (Wildman–Crippen LogP) is 3.96. The van der Waals surface area contributed by atoms with Gasteiger partial charge in [0, 0.05) is 16.8 Å². The lowest BCUT2D eigenvalue weighted by molar-refractivity contribution is -0.0962. The SMILES string of the molecule is FC1(F)CCC1c1cccc(Br)c1. The molecule has 1 aliphatic carbocycles. The molecule has 1 fully saturated rings. The summed E-state index contributed by atoms with van der Waals surface area (Å²) in [5.74, 6) is -3.05. The molecule has 70 valence electrons. The van der Waals surface area contributed by atoms with Crippen LogP contribution >= 0.6 is 15.9 Å². The maximum Gasteiger partial charge on any atom is 0.254 e. The molecule has 0 aromatic heterocycles. The van der Waals surface area contributed by atoms with Crippen molar-refractivity contribution in [2.75, 3.05) is 0 Å². The van der Waals surface area contributed by atoms with E-state index in [4.69, 9.17) is 0 Å². The van der Waals surface area contributed by atoms with Crippen LogP contribution in [0.5, 0.6) is 0 Å². The molecule has 1 atom stereocenters. The van der Waals surface area contributed by atoms with Crippen LogP contribution in [0.25, 0.3) is 0 Å². The third-order valence-electron chi connectivity index (χ3n) is 2.53. The fourth-order valence-electron chi connectivity index (χ4n) is 1.64. The molecule has 13 heavy (non-hydrogen) atoms. The van der Waals surface area contributed by atoms with E-state index in [1.807, 2.05) is 6.07 Å². The maximum atomic E-state index is 13.0. The molecule has 0 spiro atoms. The minimum atomic E-state index is -2.49. The zero-order chi connectivity index (χ0) is 9.47. The highest BCUT2D eigenvalue weighted by atomic mass is 79.9. The van der Waals surface area contributed by atoms with Crippen molar-refractivity contribution in [2.45, 2.75) is 24.7 Å². The Kier molecular flexibility index (Phi) is 2.14. The third kappa shape index (κ3) is 1.62. The fourth-order valence-corrected chi connectivity index (χ4v) is 2.06. The van der Waals surface area contributed by atoms with Gasteiger partial charge in [-0.15, -0.1) is 0 Å². The Bertz CT molecular complexity index is 322. The Labute approximate surface area is 84.1 Å². The Hall–Kier alpha value is -0.440. The topological polar surface area (TPSA) is 0 Å². The summed E-state index contributed by atoms with van der Waals surface area (Å²) in [5.41, 5.74) is 0.741. The molecule has 0 aliphatic heterocycles. The van der Waals surface area contributed by atoms with E-state index in [1.165, 1.54) is 0 Å². The van der Waals surface area contributed by atoms with Gasteiger partial charge in [-0.3, -0.25) is 0 Å². The van der Waals surface area contributed by atoms with Gasteiger partial charge in [-0.05, 0) is 24.1 Å². The van der Waals surface area contributed by atoms with E-state index in [-0.39, 0.29) is 6.42 Å². The zero-order valence-electron chi connectivity index (χ0n) is 6.93. The van der Waals surface area contributed by atoms with Crippen LogP contribution in [0, 0.1) is 0 Å². The van der Waals surface area contributed by atoms with Gasteiger partial charge >= 0.3 is 0 Å². The monoisotopic (exact) mass is 246 g/mol. The van der Waals surface area contributed by atoms with E-state index >= 15 is 0 Å². The number of alkyl halides is 2. The van der Waals surface area contributed by atoms with E-state index in [2.05, 4.69) is 15.9 Å². The van der Waals surface area contributed by atoms with Crippen LogP contribution < -0.4 is 0 Å². The van der Waals surface area contributed by atoms with Crippen molar-refractivity contribution < 1.29 is 8.78 Å². The molecule has 0 nitrogen and oxygen atoms in total. The third-order valence-corrected chi connectivity index (χ3v) is 3.02. The average Bonchev–Trinajstić information content (AvgIpc) is 2.02. The van der Waals surface area contributed by atoms with E-state index in [9.17, 15) is 8.78 Å².